The van der Waals surface area contributed by atoms with Crippen LogP contribution in [0.5, 0.6) is 0 Å². The Balaban J connectivity index is -0.00000000500. The van der Waals surface area contributed by atoms with E-state index in [-0.39, 0.29) is 42.9 Å². The topological polar surface area (TPSA) is 17.1 Å². The molecule has 0 atom stereocenters. The fraction of sp³-hybridized carbons (Fsp3) is 0. The fourth-order valence-electron chi connectivity index (χ4n) is 0. The third kappa shape index (κ3) is 9.96. The van der Waals surface area contributed by atoms with Crippen LogP contribution in [0.4, 0.5) is 0 Å². The molecule has 0 aliphatic heterocycles. The zero-order valence-electron chi connectivity index (χ0n) is 1.12. The molecule has 0 rings (SSSR count). The summed E-state index contributed by atoms with van der Waals surface area (Å²) < 4.78 is 7.83. The Morgan fingerprint density at radius 2 is 1.25 bits per heavy atom. The van der Waals surface area contributed by atoms with Crippen LogP contribution in [-0.4, -0.2) is 30.1 Å². The summed E-state index contributed by atoms with van der Waals surface area (Å²) in [5, 5.41) is 0. The van der Waals surface area contributed by atoms with Crippen molar-refractivity contribution in [1.29, 1.82) is 0 Å². The van der Waals surface area contributed by atoms with Crippen LogP contribution >= 0.6 is 0 Å². The van der Waals surface area contributed by atoms with Gasteiger partial charge in [0.2, 0.25) is 0 Å². The number of hydrogen-bond donors (Lipinski definition) is 0. The summed E-state index contributed by atoms with van der Waals surface area (Å²) in [6.45, 7) is 0. The van der Waals surface area contributed by atoms with Crippen LogP contribution in [0.2, 0.25) is 0 Å². The van der Waals surface area contributed by atoms with Gasteiger partial charge in [0.25, 0.3) is 0 Å². The molecule has 0 aliphatic rings. The summed E-state index contributed by atoms with van der Waals surface area (Å²) in [7, 11) is 0. The van der Waals surface area contributed by atoms with Crippen LogP contribution in [0.25, 0.3) is 0 Å². The van der Waals surface area contributed by atoms with E-state index in [2.05, 4.69) is 12.5 Å². The van der Waals surface area contributed by atoms with Crippen molar-refractivity contribution in [3.63, 3.8) is 0 Å². The summed E-state index contributed by atoms with van der Waals surface area (Å²) >= 11 is 2.83. The maximum atomic E-state index is 7.83. The Kier molecular flexibility index (Phi) is 117. The summed E-state index contributed by atoms with van der Waals surface area (Å²) in [6.07, 6.45) is 0. The molecular formula is H3CuInOS. The molecule has 0 spiro atoms. The van der Waals surface area contributed by atoms with Crippen LogP contribution in [-0.2, 0) is 29.6 Å². The van der Waals surface area contributed by atoms with Gasteiger partial charge in [0.05, 0.1) is 0 Å². The molecule has 0 bridgehead atoms. The molecule has 1 nitrogen and oxygen atoms in total. The van der Waals surface area contributed by atoms with Gasteiger partial charge in [0.15, 0.2) is 12.5 Å². The molecule has 1 radical (unpaired) electrons. The average Bonchev–Trinajstić information content (AvgIpc) is 1.00. The first-order chi connectivity index (χ1) is 1.00. The van der Waals surface area contributed by atoms with E-state index in [1.807, 2.05) is 0 Å². The predicted octanol–water partition coefficient (Wildman–Crippen LogP) is -1.52. The molecule has 4 heavy (non-hydrogen) atoms. The second-order valence-corrected chi connectivity index (χ2v) is 0. The van der Waals surface area contributed by atoms with Crippen LogP contribution in [0.1, 0.15) is 0 Å². The average molecular weight is 229 g/mol. The second-order valence-electron chi connectivity index (χ2n) is 0. The van der Waals surface area contributed by atoms with Crippen molar-refractivity contribution in [3.05, 3.63) is 0 Å². The van der Waals surface area contributed by atoms with E-state index in [9.17, 15) is 0 Å². The van der Waals surface area contributed by atoms with E-state index in [4.69, 9.17) is 4.21 Å². The third-order valence-electron chi connectivity index (χ3n) is 0. The molecule has 0 fully saturated rings. The van der Waals surface area contributed by atoms with Crippen molar-refractivity contribution in [3.8, 4) is 0 Å². The maximum absolute atomic E-state index is 7.83. The molecule has 0 aromatic heterocycles. The molecular weight excluding hydrogens is 226 g/mol. The molecule has 0 aromatic carbocycles. The van der Waals surface area contributed by atoms with Crippen molar-refractivity contribution >= 4 is 38.4 Å². The van der Waals surface area contributed by atoms with Gasteiger partial charge < -0.3 is 0 Å². The van der Waals surface area contributed by atoms with E-state index in [0.717, 1.165) is 0 Å². The van der Waals surface area contributed by atoms with Crippen molar-refractivity contribution in [2.24, 2.45) is 0 Å². The van der Waals surface area contributed by atoms with Crippen molar-refractivity contribution in [1.82, 2.24) is 0 Å². The summed E-state index contributed by atoms with van der Waals surface area (Å²) in [6, 6.07) is 0. The minimum absolute atomic E-state index is 0. The minimum atomic E-state index is 0. The molecule has 29 valence electrons. The van der Waals surface area contributed by atoms with E-state index in [0.29, 0.717) is 0 Å². The Morgan fingerprint density at radius 1 is 1.25 bits per heavy atom. The quantitative estimate of drug-likeness (QED) is 0.469. The van der Waals surface area contributed by atoms with E-state index in [1.54, 1.807) is 0 Å². The van der Waals surface area contributed by atoms with E-state index < -0.39 is 0 Å². The standard InChI is InChI=1S/Cu.In.OS.3H/c;;1-2;;;. The van der Waals surface area contributed by atoms with Crippen molar-refractivity contribution in [2.45, 2.75) is 0 Å². The molecule has 0 heterocycles. The Bertz CT molecular complexity index is 8.00. The van der Waals surface area contributed by atoms with Gasteiger partial charge in [-0.25, -0.2) is 0 Å². The molecule has 0 N–H and O–H groups in total. The Hall–Kier alpha value is 1.41. The first-order valence-electron chi connectivity index (χ1n) is 0.167. The van der Waals surface area contributed by atoms with Gasteiger partial charge in [-0.1, -0.05) is 0 Å². The molecule has 0 aromatic rings. The SMILES string of the molecule is O=S.[Cu].[InH3]. The molecule has 0 unspecified atom stereocenters. The Morgan fingerprint density at radius 3 is 1.25 bits per heavy atom. The third-order valence-corrected chi connectivity index (χ3v) is 0. The second kappa shape index (κ2) is 25.8. The summed E-state index contributed by atoms with van der Waals surface area (Å²) in [5.74, 6) is 0. The number of hydrogen-bond acceptors (Lipinski definition) is 2. The fourth-order valence-corrected chi connectivity index (χ4v) is 0. The van der Waals surface area contributed by atoms with Crippen molar-refractivity contribution < 1.29 is 21.3 Å². The summed E-state index contributed by atoms with van der Waals surface area (Å²) in [4.78, 5) is 0. The van der Waals surface area contributed by atoms with Crippen LogP contribution < -0.4 is 0 Å². The molecule has 0 amide bonds. The van der Waals surface area contributed by atoms with Gasteiger partial charge in [0.1, 0.15) is 0 Å². The van der Waals surface area contributed by atoms with Gasteiger partial charge in [0, 0.05) is 17.1 Å². The van der Waals surface area contributed by atoms with Crippen LogP contribution in [0.3, 0.4) is 0 Å². The first kappa shape index (κ1) is 18.1. The first-order valence-corrected chi connectivity index (χ1v) is 0.500. The van der Waals surface area contributed by atoms with Gasteiger partial charge >= 0.3 is 25.8 Å². The van der Waals surface area contributed by atoms with Gasteiger partial charge in [-0.15, -0.1) is 0 Å². The molecule has 0 aliphatic carbocycles. The zero-order valence-corrected chi connectivity index (χ0v) is 2.88. The van der Waals surface area contributed by atoms with Crippen molar-refractivity contribution in [2.75, 3.05) is 0 Å². The predicted molar refractivity (Wildman–Crippen MR) is 18.1 cm³/mol. The molecule has 0 saturated carbocycles. The van der Waals surface area contributed by atoms with Crippen LogP contribution in [0.15, 0.2) is 0 Å². The van der Waals surface area contributed by atoms with E-state index >= 15 is 0 Å². The molecule has 4 heteroatoms. The summed E-state index contributed by atoms with van der Waals surface area (Å²) in [5.41, 5.74) is 0. The van der Waals surface area contributed by atoms with Gasteiger partial charge in [-0.05, 0) is 0 Å². The number of rotatable bonds is 0. The molecule has 0 saturated heterocycles. The van der Waals surface area contributed by atoms with Crippen LogP contribution in [0, 0.1) is 0 Å². The monoisotopic (exact) mass is 229 g/mol. The van der Waals surface area contributed by atoms with Gasteiger partial charge in [-0.2, -0.15) is 4.21 Å². The van der Waals surface area contributed by atoms with Gasteiger partial charge in [-0.3, -0.25) is 0 Å². The van der Waals surface area contributed by atoms with E-state index in [1.165, 1.54) is 0 Å². The normalized spacial score (nSPS) is 1.00. The Labute approximate surface area is 59.3 Å². The zero-order chi connectivity index (χ0) is 2.00.